The molecule has 5 nitrogen and oxygen atoms in total. The number of hydrogen-bond donors (Lipinski definition) is 1. The Morgan fingerprint density at radius 3 is 2.05 bits per heavy atom. The second kappa shape index (κ2) is 7.19. The average molecular weight is 265 g/mol. The fourth-order valence-corrected chi connectivity index (χ4v) is 2.01. The van der Waals surface area contributed by atoms with Crippen LogP contribution in [0.3, 0.4) is 0 Å². The molecule has 0 unspecified atom stereocenters. The summed E-state index contributed by atoms with van der Waals surface area (Å²) in [6.45, 7) is 4.90. The van der Waals surface area contributed by atoms with Crippen LogP contribution in [-0.4, -0.2) is 46.6 Å². The molecule has 106 valence electrons. The molecule has 5 heteroatoms. The summed E-state index contributed by atoms with van der Waals surface area (Å²) in [6, 6.07) is 0. The lowest BCUT2D eigenvalue weighted by Crippen LogP contribution is -2.18. The second-order valence-electron chi connectivity index (χ2n) is 4.84. The number of aliphatic carboxylic acids is 1. The first-order chi connectivity index (χ1) is 8.97. The predicted molar refractivity (Wildman–Crippen MR) is 74.4 cm³/mol. The van der Waals surface area contributed by atoms with E-state index in [0.717, 1.165) is 48.6 Å². The smallest absolute Gasteiger partial charge is 0.307 e. The highest BCUT2D eigenvalue weighted by atomic mass is 16.4. The highest BCUT2D eigenvalue weighted by Gasteiger charge is 2.15. The zero-order valence-electron chi connectivity index (χ0n) is 12.2. The zero-order valence-corrected chi connectivity index (χ0v) is 12.2. The standard InChI is InChI=1S/C14H23N3O2/c1-5-11-10(9-14(18)19)12(6-2)16-13(15-11)7-8-17(3)4/h5-9H2,1-4H3,(H,18,19). The fraction of sp³-hybridized carbons (Fsp3) is 0.643. The van der Waals surface area contributed by atoms with Gasteiger partial charge in [0.2, 0.25) is 0 Å². The Morgan fingerprint density at radius 1 is 1.16 bits per heavy atom. The number of aromatic nitrogens is 2. The first-order valence-electron chi connectivity index (χ1n) is 6.71. The van der Waals surface area contributed by atoms with E-state index < -0.39 is 5.97 Å². The van der Waals surface area contributed by atoms with Crippen molar-refractivity contribution >= 4 is 5.97 Å². The van der Waals surface area contributed by atoms with Crippen molar-refractivity contribution in [2.75, 3.05) is 20.6 Å². The molecule has 0 radical (unpaired) electrons. The average Bonchev–Trinajstić information content (AvgIpc) is 2.36. The monoisotopic (exact) mass is 265 g/mol. The third-order valence-corrected chi connectivity index (χ3v) is 3.01. The maximum absolute atomic E-state index is 10.9. The van der Waals surface area contributed by atoms with E-state index in [0.29, 0.717) is 0 Å². The van der Waals surface area contributed by atoms with Crippen molar-refractivity contribution in [1.29, 1.82) is 0 Å². The summed E-state index contributed by atoms with van der Waals surface area (Å²) in [5, 5.41) is 8.99. The second-order valence-corrected chi connectivity index (χ2v) is 4.84. The number of aryl methyl sites for hydroxylation is 2. The molecule has 0 amide bonds. The van der Waals surface area contributed by atoms with Crippen LogP contribution in [0.5, 0.6) is 0 Å². The molecule has 1 heterocycles. The molecule has 1 rings (SSSR count). The number of carboxylic acid groups (broad SMARTS) is 1. The van der Waals surface area contributed by atoms with Crippen LogP contribution in [0.25, 0.3) is 0 Å². The molecular formula is C14H23N3O2. The fourth-order valence-electron chi connectivity index (χ4n) is 2.01. The van der Waals surface area contributed by atoms with Gasteiger partial charge in [-0.15, -0.1) is 0 Å². The van der Waals surface area contributed by atoms with Gasteiger partial charge >= 0.3 is 5.97 Å². The number of rotatable bonds is 7. The highest BCUT2D eigenvalue weighted by Crippen LogP contribution is 2.15. The third kappa shape index (κ3) is 4.59. The molecule has 0 bridgehead atoms. The van der Waals surface area contributed by atoms with Gasteiger partial charge in [-0.2, -0.15) is 0 Å². The molecule has 0 aromatic carbocycles. The van der Waals surface area contributed by atoms with Crippen LogP contribution in [0.2, 0.25) is 0 Å². The molecule has 0 aliphatic heterocycles. The van der Waals surface area contributed by atoms with E-state index in [1.807, 2.05) is 27.9 Å². The van der Waals surface area contributed by atoms with Crippen molar-refractivity contribution in [3.63, 3.8) is 0 Å². The number of carboxylic acids is 1. The maximum atomic E-state index is 10.9. The minimum Gasteiger partial charge on any atom is -0.481 e. The molecule has 0 aliphatic rings. The van der Waals surface area contributed by atoms with E-state index in [4.69, 9.17) is 5.11 Å². The third-order valence-electron chi connectivity index (χ3n) is 3.01. The van der Waals surface area contributed by atoms with Gasteiger partial charge in [0.15, 0.2) is 0 Å². The number of likely N-dealkylation sites (N-methyl/N-ethyl adjacent to an activating group) is 1. The van der Waals surface area contributed by atoms with Crippen LogP contribution in [0.1, 0.15) is 36.6 Å². The van der Waals surface area contributed by atoms with Gasteiger partial charge in [0, 0.05) is 29.9 Å². The Hall–Kier alpha value is -1.49. The quantitative estimate of drug-likeness (QED) is 0.805. The Labute approximate surface area is 114 Å². The Morgan fingerprint density at radius 2 is 1.68 bits per heavy atom. The summed E-state index contributed by atoms with van der Waals surface area (Å²) < 4.78 is 0. The van der Waals surface area contributed by atoms with Gasteiger partial charge < -0.3 is 10.0 Å². The van der Waals surface area contributed by atoms with Crippen molar-refractivity contribution < 1.29 is 9.90 Å². The van der Waals surface area contributed by atoms with Gasteiger partial charge in [-0.05, 0) is 26.9 Å². The molecule has 0 saturated heterocycles. The van der Waals surface area contributed by atoms with E-state index in [1.165, 1.54) is 0 Å². The minimum atomic E-state index is -0.825. The van der Waals surface area contributed by atoms with Gasteiger partial charge in [0.1, 0.15) is 5.82 Å². The van der Waals surface area contributed by atoms with Crippen molar-refractivity contribution in [3.8, 4) is 0 Å². The molecular weight excluding hydrogens is 242 g/mol. The Balaban J connectivity index is 3.08. The van der Waals surface area contributed by atoms with Crippen molar-refractivity contribution in [2.45, 2.75) is 39.5 Å². The van der Waals surface area contributed by atoms with Crippen LogP contribution in [-0.2, 0) is 30.5 Å². The van der Waals surface area contributed by atoms with Gasteiger partial charge in [0.25, 0.3) is 0 Å². The molecule has 1 N–H and O–H groups in total. The van der Waals surface area contributed by atoms with Crippen LogP contribution < -0.4 is 0 Å². The SMILES string of the molecule is CCc1nc(CCN(C)C)nc(CC)c1CC(=O)O. The van der Waals surface area contributed by atoms with Gasteiger partial charge in [-0.3, -0.25) is 4.79 Å². The van der Waals surface area contributed by atoms with Gasteiger partial charge in [-0.25, -0.2) is 9.97 Å². The summed E-state index contributed by atoms with van der Waals surface area (Å²) >= 11 is 0. The Bertz CT molecular complexity index is 419. The number of carbonyl (C=O) groups is 1. The van der Waals surface area contributed by atoms with Crippen molar-refractivity contribution in [3.05, 3.63) is 22.8 Å². The van der Waals surface area contributed by atoms with Crippen LogP contribution in [0.4, 0.5) is 0 Å². The normalized spacial score (nSPS) is 11.0. The van der Waals surface area contributed by atoms with E-state index >= 15 is 0 Å². The molecule has 1 aromatic heterocycles. The number of nitrogens with zero attached hydrogens (tertiary/aromatic N) is 3. The largest absolute Gasteiger partial charge is 0.481 e. The summed E-state index contributed by atoms with van der Waals surface area (Å²) in [5.41, 5.74) is 2.55. The minimum absolute atomic E-state index is 0.0142. The highest BCUT2D eigenvalue weighted by molar-refractivity contribution is 5.71. The lowest BCUT2D eigenvalue weighted by Gasteiger charge is -2.14. The lowest BCUT2D eigenvalue weighted by molar-refractivity contribution is -0.136. The summed E-state index contributed by atoms with van der Waals surface area (Å²) in [7, 11) is 4.03. The maximum Gasteiger partial charge on any atom is 0.307 e. The zero-order chi connectivity index (χ0) is 14.4. The predicted octanol–water partition coefficient (Wildman–Crippen LogP) is 1.33. The van der Waals surface area contributed by atoms with E-state index in [-0.39, 0.29) is 6.42 Å². The van der Waals surface area contributed by atoms with Crippen LogP contribution in [0, 0.1) is 0 Å². The van der Waals surface area contributed by atoms with Crippen molar-refractivity contribution in [2.24, 2.45) is 0 Å². The van der Waals surface area contributed by atoms with Crippen molar-refractivity contribution in [1.82, 2.24) is 14.9 Å². The molecule has 19 heavy (non-hydrogen) atoms. The summed E-state index contributed by atoms with van der Waals surface area (Å²) in [4.78, 5) is 22.1. The topological polar surface area (TPSA) is 66.3 Å². The lowest BCUT2D eigenvalue weighted by atomic mass is 10.0. The Kier molecular flexibility index (Phi) is 5.89. The molecule has 0 fully saturated rings. The van der Waals surface area contributed by atoms with Gasteiger partial charge in [-0.1, -0.05) is 13.8 Å². The molecule has 0 saturated carbocycles. The summed E-state index contributed by atoms with van der Waals surface area (Å²) in [5.74, 6) is -0.00872. The molecule has 1 aromatic rings. The number of hydrogen-bond acceptors (Lipinski definition) is 4. The molecule has 0 atom stereocenters. The first kappa shape index (κ1) is 15.6. The van der Waals surface area contributed by atoms with E-state index in [9.17, 15) is 4.79 Å². The van der Waals surface area contributed by atoms with E-state index in [1.54, 1.807) is 0 Å². The van der Waals surface area contributed by atoms with Crippen LogP contribution >= 0.6 is 0 Å². The molecule has 0 aliphatic carbocycles. The molecule has 0 spiro atoms. The van der Waals surface area contributed by atoms with Gasteiger partial charge in [0.05, 0.1) is 6.42 Å². The first-order valence-corrected chi connectivity index (χ1v) is 6.71. The van der Waals surface area contributed by atoms with E-state index in [2.05, 4.69) is 14.9 Å². The summed E-state index contributed by atoms with van der Waals surface area (Å²) in [6.07, 6.45) is 2.29. The van der Waals surface area contributed by atoms with Crippen LogP contribution in [0.15, 0.2) is 0 Å².